The molecule has 5 heteroatoms. The van der Waals surface area contributed by atoms with E-state index in [0.29, 0.717) is 12.5 Å². The van der Waals surface area contributed by atoms with Crippen LogP contribution in [0.2, 0.25) is 0 Å². The average molecular weight is 281 g/mol. The maximum atomic E-state index is 11.8. The molecule has 1 amide bonds. The van der Waals surface area contributed by atoms with Crippen LogP contribution in [0.25, 0.3) is 0 Å². The monoisotopic (exact) mass is 280 g/mol. The summed E-state index contributed by atoms with van der Waals surface area (Å²) in [5.41, 5.74) is 5.65. The van der Waals surface area contributed by atoms with Gasteiger partial charge in [0.2, 0.25) is 5.91 Å². The van der Waals surface area contributed by atoms with Gasteiger partial charge in [0.05, 0.1) is 0 Å². The van der Waals surface area contributed by atoms with Crippen LogP contribution in [0, 0.1) is 0 Å². The van der Waals surface area contributed by atoms with Gasteiger partial charge >= 0.3 is 0 Å². The summed E-state index contributed by atoms with van der Waals surface area (Å²) in [5, 5.41) is 0.751. The highest BCUT2D eigenvalue weighted by Gasteiger charge is 2.29. The fourth-order valence-corrected chi connectivity index (χ4v) is 3.41. The lowest BCUT2D eigenvalue weighted by Gasteiger charge is -2.25. The number of halogens is 1. The lowest BCUT2D eigenvalue weighted by molar-refractivity contribution is -0.132. The number of nitrogens with zero attached hydrogens (tertiary/aromatic N) is 1. The number of carbonyl (C=O) groups is 1. The van der Waals surface area contributed by atoms with Crippen LogP contribution < -0.4 is 5.73 Å². The minimum atomic E-state index is -0.0304. The zero-order valence-corrected chi connectivity index (χ0v) is 12.6. The zero-order chi connectivity index (χ0) is 12.1. The van der Waals surface area contributed by atoms with Gasteiger partial charge < -0.3 is 10.6 Å². The fraction of sp³-hybridized carbons (Fsp3) is 0.917. The average Bonchev–Trinajstić information content (AvgIpc) is 2.64. The Labute approximate surface area is 115 Å². The molecule has 0 saturated heterocycles. The number of nitrogens with two attached hydrogens (primary N) is 1. The fourth-order valence-electron chi connectivity index (χ4n) is 2.28. The second-order valence-corrected chi connectivity index (χ2v) is 6.31. The Balaban J connectivity index is 0.00000256. The van der Waals surface area contributed by atoms with Gasteiger partial charge in [-0.05, 0) is 31.9 Å². The Morgan fingerprint density at radius 3 is 2.71 bits per heavy atom. The van der Waals surface area contributed by atoms with Crippen LogP contribution in [0.4, 0.5) is 0 Å². The highest BCUT2D eigenvalue weighted by molar-refractivity contribution is 7.99. The summed E-state index contributed by atoms with van der Waals surface area (Å²) in [6.45, 7) is 4.08. The van der Waals surface area contributed by atoms with Gasteiger partial charge in [-0.1, -0.05) is 6.92 Å². The standard InChI is InChI=1S/C12H24N2OS.ClH/c1-4-16-11-6-5-10(8-11)14(3)12(15)7-9(2)13;/h9-11H,4-8,13H2,1-3H3;1H. The molecule has 0 spiro atoms. The molecule has 17 heavy (non-hydrogen) atoms. The molecule has 0 bridgehead atoms. The first-order chi connectivity index (χ1) is 7.54. The minimum Gasteiger partial charge on any atom is -0.343 e. The van der Waals surface area contributed by atoms with Crippen molar-refractivity contribution in [3.63, 3.8) is 0 Å². The Morgan fingerprint density at radius 2 is 2.18 bits per heavy atom. The van der Waals surface area contributed by atoms with Crippen LogP contribution in [0.3, 0.4) is 0 Å². The summed E-state index contributed by atoms with van der Waals surface area (Å²) >= 11 is 2.02. The Bertz CT molecular complexity index is 239. The number of rotatable bonds is 5. The van der Waals surface area contributed by atoms with Gasteiger partial charge in [-0.3, -0.25) is 4.79 Å². The van der Waals surface area contributed by atoms with Crippen LogP contribution in [0.1, 0.15) is 39.5 Å². The molecular weight excluding hydrogens is 256 g/mol. The molecule has 3 nitrogen and oxygen atoms in total. The van der Waals surface area contributed by atoms with Crippen LogP contribution in [0.15, 0.2) is 0 Å². The van der Waals surface area contributed by atoms with E-state index in [0.717, 1.165) is 18.1 Å². The number of hydrogen-bond donors (Lipinski definition) is 1. The van der Waals surface area contributed by atoms with Crippen molar-refractivity contribution in [2.75, 3.05) is 12.8 Å². The second kappa shape index (κ2) is 8.22. The van der Waals surface area contributed by atoms with E-state index >= 15 is 0 Å². The molecule has 0 aliphatic heterocycles. The van der Waals surface area contributed by atoms with Crippen molar-refractivity contribution in [1.82, 2.24) is 4.90 Å². The van der Waals surface area contributed by atoms with E-state index in [2.05, 4.69) is 6.92 Å². The molecule has 3 atom stereocenters. The largest absolute Gasteiger partial charge is 0.343 e. The second-order valence-electron chi connectivity index (χ2n) is 4.73. The molecule has 1 saturated carbocycles. The van der Waals surface area contributed by atoms with E-state index in [9.17, 15) is 4.79 Å². The van der Waals surface area contributed by atoms with Crippen molar-refractivity contribution < 1.29 is 4.79 Å². The maximum absolute atomic E-state index is 11.8. The molecule has 1 aliphatic rings. The third kappa shape index (κ3) is 5.49. The van der Waals surface area contributed by atoms with Crippen LogP contribution >= 0.6 is 24.2 Å². The topological polar surface area (TPSA) is 46.3 Å². The molecule has 2 N–H and O–H groups in total. The molecule has 0 radical (unpaired) electrons. The Kier molecular flexibility index (Phi) is 8.25. The maximum Gasteiger partial charge on any atom is 0.224 e. The summed E-state index contributed by atoms with van der Waals surface area (Å²) in [5.74, 6) is 1.37. The number of thioether (sulfide) groups is 1. The van der Waals surface area contributed by atoms with Crippen molar-refractivity contribution in [1.29, 1.82) is 0 Å². The van der Waals surface area contributed by atoms with Gasteiger partial charge in [-0.25, -0.2) is 0 Å². The smallest absolute Gasteiger partial charge is 0.224 e. The zero-order valence-electron chi connectivity index (χ0n) is 11.0. The summed E-state index contributed by atoms with van der Waals surface area (Å²) in [6.07, 6.45) is 4.02. The lowest BCUT2D eigenvalue weighted by Crippen LogP contribution is -2.38. The third-order valence-electron chi connectivity index (χ3n) is 3.20. The van der Waals surface area contributed by atoms with Crippen LogP contribution in [-0.2, 0) is 4.79 Å². The molecule has 0 aromatic rings. The number of amides is 1. The highest BCUT2D eigenvalue weighted by atomic mass is 35.5. The van der Waals surface area contributed by atoms with E-state index in [1.165, 1.54) is 12.2 Å². The van der Waals surface area contributed by atoms with E-state index in [-0.39, 0.29) is 24.4 Å². The minimum absolute atomic E-state index is 0. The normalized spacial score (nSPS) is 25.2. The third-order valence-corrected chi connectivity index (χ3v) is 4.43. The number of hydrogen-bond acceptors (Lipinski definition) is 3. The SMILES string of the molecule is CCSC1CCC(N(C)C(=O)CC(C)N)C1.Cl. The summed E-state index contributed by atoms with van der Waals surface area (Å²) in [6, 6.07) is 0.410. The molecular formula is C12H25ClN2OS. The van der Waals surface area contributed by atoms with Crippen molar-refractivity contribution in [3.05, 3.63) is 0 Å². The van der Waals surface area contributed by atoms with Gasteiger partial charge in [0.25, 0.3) is 0 Å². The summed E-state index contributed by atoms with van der Waals surface area (Å²) in [7, 11) is 1.92. The van der Waals surface area contributed by atoms with Gasteiger partial charge in [0, 0.05) is 30.8 Å². The first-order valence-corrected chi connectivity index (χ1v) is 7.22. The molecule has 1 fully saturated rings. The van der Waals surface area contributed by atoms with Gasteiger partial charge in [-0.15, -0.1) is 12.4 Å². The van der Waals surface area contributed by atoms with E-state index in [1.54, 1.807) is 0 Å². The molecule has 102 valence electrons. The molecule has 1 rings (SSSR count). The molecule has 0 heterocycles. The molecule has 0 aromatic carbocycles. The van der Waals surface area contributed by atoms with E-state index in [1.807, 2.05) is 30.6 Å². The first kappa shape index (κ1) is 17.1. The molecule has 0 aromatic heterocycles. The number of carbonyl (C=O) groups excluding carboxylic acids is 1. The van der Waals surface area contributed by atoms with Gasteiger partial charge in [0.1, 0.15) is 0 Å². The highest BCUT2D eigenvalue weighted by Crippen LogP contribution is 2.32. The van der Waals surface area contributed by atoms with Crippen molar-refractivity contribution in [3.8, 4) is 0 Å². The van der Waals surface area contributed by atoms with Gasteiger partial charge in [0.15, 0.2) is 0 Å². The van der Waals surface area contributed by atoms with E-state index < -0.39 is 0 Å². The van der Waals surface area contributed by atoms with Crippen molar-refractivity contribution in [2.45, 2.75) is 56.9 Å². The molecule has 1 aliphatic carbocycles. The Morgan fingerprint density at radius 1 is 1.53 bits per heavy atom. The summed E-state index contributed by atoms with van der Waals surface area (Å²) in [4.78, 5) is 13.8. The van der Waals surface area contributed by atoms with Gasteiger partial charge in [-0.2, -0.15) is 11.8 Å². The van der Waals surface area contributed by atoms with Crippen LogP contribution in [0.5, 0.6) is 0 Å². The van der Waals surface area contributed by atoms with Crippen LogP contribution in [-0.4, -0.2) is 40.9 Å². The quantitative estimate of drug-likeness (QED) is 0.840. The predicted octanol–water partition coefficient (Wildman–Crippen LogP) is 2.28. The Hall–Kier alpha value is 0.0700. The molecule has 3 unspecified atom stereocenters. The van der Waals surface area contributed by atoms with E-state index in [4.69, 9.17) is 5.73 Å². The van der Waals surface area contributed by atoms with Crippen molar-refractivity contribution in [2.24, 2.45) is 5.73 Å². The first-order valence-electron chi connectivity index (χ1n) is 6.17. The summed E-state index contributed by atoms with van der Waals surface area (Å²) < 4.78 is 0. The van der Waals surface area contributed by atoms with Crippen molar-refractivity contribution >= 4 is 30.1 Å². The lowest BCUT2D eigenvalue weighted by atomic mass is 10.2. The predicted molar refractivity (Wildman–Crippen MR) is 77.8 cm³/mol.